The fourth-order valence-corrected chi connectivity index (χ4v) is 2.79. The average Bonchev–Trinajstić information content (AvgIpc) is 2.46. The fourth-order valence-electron chi connectivity index (χ4n) is 2.79. The fraction of sp³-hybridized carbons (Fsp3) is 0.889. The molecule has 120 valence electrons. The molecule has 0 amide bonds. The zero-order valence-corrected chi connectivity index (χ0v) is 14.5. The summed E-state index contributed by atoms with van der Waals surface area (Å²) in [6.07, 6.45) is 11.4. The predicted octanol–water partition coefficient (Wildman–Crippen LogP) is 4.91. The summed E-state index contributed by atoms with van der Waals surface area (Å²) in [7, 11) is 0. The van der Waals surface area contributed by atoms with Crippen molar-refractivity contribution < 1.29 is 0 Å². The molecule has 0 aliphatic heterocycles. The van der Waals surface area contributed by atoms with Crippen LogP contribution in [0.5, 0.6) is 0 Å². The van der Waals surface area contributed by atoms with Gasteiger partial charge in [-0.15, -0.1) is 6.58 Å². The van der Waals surface area contributed by atoms with Gasteiger partial charge in [-0.1, -0.05) is 46.6 Å². The van der Waals surface area contributed by atoms with E-state index in [4.69, 9.17) is 0 Å². The highest BCUT2D eigenvalue weighted by molar-refractivity contribution is 4.81. The Morgan fingerprint density at radius 1 is 0.750 bits per heavy atom. The van der Waals surface area contributed by atoms with Crippen LogP contribution in [0.25, 0.3) is 0 Å². The second-order valence-electron chi connectivity index (χ2n) is 5.78. The number of rotatable bonds is 14. The molecular weight excluding hydrogens is 244 g/mol. The summed E-state index contributed by atoms with van der Waals surface area (Å²) in [6.45, 7) is 18.0. The molecule has 0 saturated carbocycles. The van der Waals surface area contributed by atoms with Crippen LogP contribution in [0.2, 0.25) is 0 Å². The molecule has 0 spiro atoms. The lowest BCUT2D eigenvalue weighted by atomic mass is 10.2. The molecule has 0 atom stereocenters. The smallest absolute Gasteiger partial charge is 0.0657 e. The van der Waals surface area contributed by atoms with E-state index in [1.807, 2.05) is 0 Å². The Kier molecular flexibility index (Phi) is 13.4. The molecule has 2 nitrogen and oxygen atoms in total. The Labute approximate surface area is 128 Å². The summed E-state index contributed by atoms with van der Waals surface area (Å²) < 4.78 is 0. The van der Waals surface area contributed by atoms with Gasteiger partial charge < -0.3 is 0 Å². The lowest BCUT2D eigenvalue weighted by Crippen LogP contribution is -2.49. The van der Waals surface area contributed by atoms with Gasteiger partial charge in [-0.3, -0.25) is 9.80 Å². The van der Waals surface area contributed by atoms with Crippen molar-refractivity contribution >= 4 is 0 Å². The molecule has 0 unspecified atom stereocenters. The molecule has 0 saturated heterocycles. The molecule has 0 rings (SSSR count). The second-order valence-corrected chi connectivity index (χ2v) is 5.78. The topological polar surface area (TPSA) is 6.48 Å². The van der Waals surface area contributed by atoms with Crippen molar-refractivity contribution in [3.05, 3.63) is 12.7 Å². The molecule has 0 aliphatic carbocycles. The van der Waals surface area contributed by atoms with E-state index in [-0.39, 0.29) is 0 Å². The Hall–Kier alpha value is -0.340. The van der Waals surface area contributed by atoms with E-state index in [0.717, 1.165) is 6.42 Å². The van der Waals surface area contributed by atoms with E-state index in [9.17, 15) is 0 Å². The third-order valence-electron chi connectivity index (χ3n) is 3.84. The first kappa shape index (κ1) is 19.7. The van der Waals surface area contributed by atoms with Crippen LogP contribution in [0.3, 0.4) is 0 Å². The zero-order chi connectivity index (χ0) is 15.2. The van der Waals surface area contributed by atoms with Gasteiger partial charge in [-0.2, -0.15) is 0 Å². The van der Waals surface area contributed by atoms with Gasteiger partial charge in [0.05, 0.1) is 6.17 Å². The Bertz CT molecular complexity index is 197. The molecule has 0 heterocycles. The monoisotopic (exact) mass is 282 g/mol. The minimum atomic E-state index is 0.561. The molecule has 0 fully saturated rings. The average molecular weight is 283 g/mol. The van der Waals surface area contributed by atoms with Crippen LogP contribution in [0.1, 0.15) is 72.6 Å². The van der Waals surface area contributed by atoms with E-state index in [2.05, 4.69) is 50.1 Å². The zero-order valence-electron chi connectivity index (χ0n) is 14.5. The van der Waals surface area contributed by atoms with Gasteiger partial charge in [0.2, 0.25) is 0 Å². The van der Waals surface area contributed by atoms with Crippen molar-refractivity contribution in [1.29, 1.82) is 0 Å². The van der Waals surface area contributed by atoms with E-state index in [0.29, 0.717) is 6.17 Å². The van der Waals surface area contributed by atoms with Gasteiger partial charge >= 0.3 is 0 Å². The number of hydrogen-bond donors (Lipinski definition) is 0. The van der Waals surface area contributed by atoms with E-state index in [1.54, 1.807) is 0 Å². The predicted molar refractivity (Wildman–Crippen MR) is 92.1 cm³/mol. The molecular formula is C18H38N2. The second kappa shape index (κ2) is 13.6. The maximum absolute atomic E-state index is 3.99. The number of nitrogens with zero attached hydrogens (tertiary/aromatic N) is 2. The van der Waals surface area contributed by atoms with Crippen molar-refractivity contribution in [2.45, 2.75) is 78.8 Å². The minimum Gasteiger partial charge on any atom is -0.288 e. The van der Waals surface area contributed by atoms with Crippen molar-refractivity contribution in [3.63, 3.8) is 0 Å². The normalized spacial score (nSPS) is 11.8. The van der Waals surface area contributed by atoms with Gasteiger partial charge in [0, 0.05) is 0 Å². The molecule has 0 N–H and O–H groups in total. The van der Waals surface area contributed by atoms with Gasteiger partial charge in [0.1, 0.15) is 0 Å². The maximum Gasteiger partial charge on any atom is 0.0657 e. The summed E-state index contributed by atoms with van der Waals surface area (Å²) >= 11 is 0. The van der Waals surface area contributed by atoms with Crippen molar-refractivity contribution in [2.75, 3.05) is 26.2 Å². The summed E-state index contributed by atoms with van der Waals surface area (Å²) in [6, 6.07) is 0. The van der Waals surface area contributed by atoms with Gasteiger partial charge in [-0.25, -0.2) is 0 Å². The molecule has 2 heteroatoms. The van der Waals surface area contributed by atoms with Crippen LogP contribution in [-0.4, -0.2) is 42.1 Å². The summed E-state index contributed by atoms with van der Waals surface area (Å²) in [4.78, 5) is 5.38. The Morgan fingerprint density at radius 3 is 1.50 bits per heavy atom. The first-order valence-electron chi connectivity index (χ1n) is 8.83. The lowest BCUT2D eigenvalue weighted by molar-refractivity contribution is 0.0410. The van der Waals surface area contributed by atoms with Crippen LogP contribution in [0, 0.1) is 0 Å². The van der Waals surface area contributed by atoms with Crippen molar-refractivity contribution in [2.24, 2.45) is 0 Å². The minimum absolute atomic E-state index is 0.561. The first-order chi connectivity index (χ1) is 9.74. The molecule has 0 aromatic heterocycles. The van der Waals surface area contributed by atoms with Gasteiger partial charge in [0.25, 0.3) is 0 Å². The van der Waals surface area contributed by atoms with Crippen LogP contribution >= 0.6 is 0 Å². The quantitative estimate of drug-likeness (QED) is 0.330. The maximum atomic E-state index is 3.99. The summed E-state index contributed by atoms with van der Waals surface area (Å²) in [5, 5.41) is 0. The molecule has 0 bridgehead atoms. The Balaban J connectivity index is 4.81. The number of unbranched alkanes of at least 4 members (excludes halogenated alkanes) is 2. The standard InChI is InChI=1S/C18H38N2/c1-6-11-16-19(14-9-4)18(13-8-3)20(15-10-5)17-12-7-2/h8,18H,3,6-7,9-17H2,1-2,4-5H3. The van der Waals surface area contributed by atoms with Crippen molar-refractivity contribution in [1.82, 2.24) is 9.80 Å². The van der Waals surface area contributed by atoms with Crippen LogP contribution < -0.4 is 0 Å². The van der Waals surface area contributed by atoms with E-state index < -0.39 is 0 Å². The number of hydrogen-bond acceptors (Lipinski definition) is 2. The summed E-state index contributed by atoms with van der Waals surface area (Å²) in [5.74, 6) is 0. The highest BCUT2D eigenvalue weighted by Crippen LogP contribution is 2.15. The van der Waals surface area contributed by atoms with Gasteiger partial charge in [-0.05, 0) is 58.3 Å². The lowest BCUT2D eigenvalue weighted by Gasteiger charge is -2.39. The van der Waals surface area contributed by atoms with Crippen LogP contribution in [0.4, 0.5) is 0 Å². The van der Waals surface area contributed by atoms with Crippen molar-refractivity contribution in [3.8, 4) is 0 Å². The highest BCUT2D eigenvalue weighted by atomic mass is 15.3. The third kappa shape index (κ3) is 8.06. The first-order valence-corrected chi connectivity index (χ1v) is 8.83. The summed E-state index contributed by atoms with van der Waals surface area (Å²) in [5.41, 5.74) is 0. The van der Waals surface area contributed by atoms with E-state index in [1.165, 1.54) is 64.7 Å². The van der Waals surface area contributed by atoms with Gasteiger partial charge in [0.15, 0.2) is 0 Å². The molecule has 0 radical (unpaired) electrons. The van der Waals surface area contributed by atoms with Crippen LogP contribution in [-0.2, 0) is 0 Å². The third-order valence-corrected chi connectivity index (χ3v) is 3.84. The molecule has 0 aliphatic rings. The molecule has 20 heavy (non-hydrogen) atoms. The highest BCUT2D eigenvalue weighted by Gasteiger charge is 2.22. The largest absolute Gasteiger partial charge is 0.288 e. The van der Waals surface area contributed by atoms with Crippen LogP contribution in [0.15, 0.2) is 12.7 Å². The molecule has 0 aromatic rings. The SMILES string of the molecule is C=CCC(N(CCC)CCCC)N(CCC)CCCC. The Morgan fingerprint density at radius 2 is 1.20 bits per heavy atom. The van der Waals surface area contributed by atoms with E-state index >= 15 is 0 Å². The molecule has 0 aromatic carbocycles.